The van der Waals surface area contributed by atoms with Crippen LogP contribution in [0.25, 0.3) is 0 Å². The second kappa shape index (κ2) is 14.0. The van der Waals surface area contributed by atoms with E-state index in [0.29, 0.717) is 17.7 Å². The summed E-state index contributed by atoms with van der Waals surface area (Å²) in [6.07, 6.45) is 1.56. The SMILES string of the molecule is CCN(C(=O)C(CCSC)NC(=O)OC(C)(C)C)C(C(=O)NCC(=O)OC)c1ccc(C)c(C)c1. The number of carbonyl (C=O) groups is 4. The van der Waals surface area contributed by atoms with Gasteiger partial charge in [-0.2, -0.15) is 11.8 Å². The molecule has 2 atom stereocenters. The number of amides is 3. The van der Waals surface area contributed by atoms with Crippen LogP contribution in [0.15, 0.2) is 18.2 Å². The number of nitrogens with zero attached hydrogens (tertiary/aromatic N) is 1. The highest BCUT2D eigenvalue weighted by atomic mass is 32.2. The highest BCUT2D eigenvalue weighted by molar-refractivity contribution is 7.98. The average molecular weight is 510 g/mol. The number of ether oxygens (including phenoxy) is 2. The predicted octanol–water partition coefficient (Wildman–Crippen LogP) is 3.13. The van der Waals surface area contributed by atoms with Crippen LogP contribution in [0.5, 0.6) is 0 Å². The van der Waals surface area contributed by atoms with Crippen molar-refractivity contribution in [2.24, 2.45) is 0 Å². The fourth-order valence-corrected chi connectivity index (χ4v) is 3.82. The Morgan fingerprint density at radius 3 is 2.29 bits per heavy atom. The van der Waals surface area contributed by atoms with Crippen molar-refractivity contribution in [3.63, 3.8) is 0 Å². The summed E-state index contributed by atoms with van der Waals surface area (Å²) < 4.78 is 9.98. The number of alkyl carbamates (subject to hydrolysis) is 1. The van der Waals surface area contributed by atoms with Gasteiger partial charge in [0, 0.05) is 6.54 Å². The van der Waals surface area contributed by atoms with Gasteiger partial charge in [-0.05, 0) is 76.7 Å². The van der Waals surface area contributed by atoms with Gasteiger partial charge in [0.05, 0.1) is 7.11 Å². The van der Waals surface area contributed by atoms with Crippen LogP contribution in [0.1, 0.15) is 56.8 Å². The third-order valence-electron chi connectivity index (χ3n) is 5.26. The van der Waals surface area contributed by atoms with Crippen molar-refractivity contribution < 1.29 is 28.7 Å². The zero-order valence-corrected chi connectivity index (χ0v) is 22.8. The molecule has 1 rings (SSSR count). The van der Waals surface area contributed by atoms with Gasteiger partial charge in [0.25, 0.3) is 0 Å². The Morgan fingerprint density at radius 1 is 1.11 bits per heavy atom. The molecule has 10 heteroatoms. The van der Waals surface area contributed by atoms with Crippen LogP contribution in [0, 0.1) is 13.8 Å². The Bertz CT molecular complexity index is 900. The minimum atomic E-state index is -1.01. The van der Waals surface area contributed by atoms with E-state index in [2.05, 4.69) is 15.4 Å². The number of rotatable bonds is 11. The number of esters is 1. The zero-order valence-electron chi connectivity index (χ0n) is 22.0. The molecule has 3 amide bonds. The van der Waals surface area contributed by atoms with Crippen LogP contribution < -0.4 is 10.6 Å². The smallest absolute Gasteiger partial charge is 0.408 e. The first-order chi connectivity index (χ1) is 16.3. The van der Waals surface area contributed by atoms with Gasteiger partial charge >= 0.3 is 12.1 Å². The zero-order chi connectivity index (χ0) is 26.8. The number of hydrogen-bond acceptors (Lipinski definition) is 7. The third kappa shape index (κ3) is 9.79. The molecule has 1 aromatic rings. The van der Waals surface area contributed by atoms with Gasteiger partial charge < -0.3 is 25.0 Å². The largest absolute Gasteiger partial charge is 0.468 e. The first-order valence-electron chi connectivity index (χ1n) is 11.5. The molecule has 196 valence electrons. The summed E-state index contributed by atoms with van der Waals surface area (Å²) in [5, 5.41) is 5.24. The molecule has 0 spiro atoms. The molecular weight excluding hydrogens is 470 g/mol. The van der Waals surface area contributed by atoms with Crippen LogP contribution >= 0.6 is 11.8 Å². The van der Waals surface area contributed by atoms with Gasteiger partial charge in [0.1, 0.15) is 24.2 Å². The molecule has 0 radical (unpaired) electrons. The first-order valence-corrected chi connectivity index (χ1v) is 12.9. The van der Waals surface area contributed by atoms with E-state index >= 15 is 0 Å². The minimum Gasteiger partial charge on any atom is -0.468 e. The maximum atomic E-state index is 13.7. The standard InChI is InChI=1S/C25H39N3O6S/c1-9-28(23(31)19(12-13-35-8)27-24(32)34-25(4,5)6)21(22(30)26-15-20(29)33-7)18-11-10-16(2)17(3)14-18/h10-11,14,19,21H,9,12-13,15H2,1-8H3,(H,26,30)(H,27,32). The first kappa shape index (κ1) is 30.3. The number of thioether (sulfide) groups is 1. The number of benzene rings is 1. The monoisotopic (exact) mass is 509 g/mol. The molecular formula is C25H39N3O6S. The van der Waals surface area contributed by atoms with E-state index in [1.54, 1.807) is 45.5 Å². The van der Waals surface area contributed by atoms with Crippen LogP contribution in [0.3, 0.4) is 0 Å². The van der Waals surface area contributed by atoms with Gasteiger partial charge in [-0.15, -0.1) is 0 Å². The summed E-state index contributed by atoms with van der Waals surface area (Å²) in [4.78, 5) is 52.5. The Labute approximate surface area is 212 Å². The molecule has 0 aliphatic rings. The summed E-state index contributed by atoms with van der Waals surface area (Å²) in [5.41, 5.74) is 1.88. The second-order valence-electron chi connectivity index (χ2n) is 9.14. The quantitative estimate of drug-likeness (QED) is 0.441. The Balaban J connectivity index is 3.36. The lowest BCUT2D eigenvalue weighted by molar-refractivity contribution is -0.144. The lowest BCUT2D eigenvalue weighted by Crippen LogP contribution is -2.53. The molecule has 0 fully saturated rings. The van der Waals surface area contributed by atoms with E-state index in [9.17, 15) is 19.2 Å². The number of hydrogen-bond donors (Lipinski definition) is 2. The molecule has 9 nitrogen and oxygen atoms in total. The van der Waals surface area contributed by atoms with Crippen molar-refractivity contribution in [1.29, 1.82) is 0 Å². The van der Waals surface area contributed by atoms with Crippen LogP contribution in [0.4, 0.5) is 4.79 Å². The maximum absolute atomic E-state index is 13.7. The summed E-state index contributed by atoms with van der Waals surface area (Å²) in [6.45, 7) is 10.7. The number of carbonyl (C=O) groups excluding carboxylic acids is 4. The highest BCUT2D eigenvalue weighted by Crippen LogP contribution is 2.25. The Morgan fingerprint density at radius 2 is 1.77 bits per heavy atom. The van der Waals surface area contributed by atoms with Crippen molar-refractivity contribution >= 4 is 35.6 Å². The molecule has 2 N–H and O–H groups in total. The molecule has 0 saturated heterocycles. The predicted molar refractivity (Wildman–Crippen MR) is 137 cm³/mol. The summed E-state index contributed by atoms with van der Waals surface area (Å²) in [6, 6.07) is 3.63. The van der Waals surface area contributed by atoms with Crippen LogP contribution in [-0.2, 0) is 23.9 Å². The number of likely N-dealkylation sites (N-methyl/N-ethyl adjacent to an activating group) is 1. The van der Waals surface area contributed by atoms with Crippen LogP contribution in [0.2, 0.25) is 0 Å². The molecule has 1 aromatic carbocycles. The van der Waals surface area contributed by atoms with Gasteiger partial charge in [0.15, 0.2) is 0 Å². The van der Waals surface area contributed by atoms with Gasteiger partial charge in [-0.3, -0.25) is 14.4 Å². The number of methoxy groups -OCH3 is 1. The van der Waals surface area contributed by atoms with E-state index in [-0.39, 0.29) is 13.1 Å². The lowest BCUT2D eigenvalue weighted by atomic mass is 9.98. The topological polar surface area (TPSA) is 114 Å². The second-order valence-corrected chi connectivity index (χ2v) is 10.1. The highest BCUT2D eigenvalue weighted by Gasteiger charge is 2.35. The van der Waals surface area contributed by atoms with Crippen LogP contribution in [-0.4, -0.2) is 72.6 Å². The number of aryl methyl sites for hydroxylation is 2. The fourth-order valence-electron chi connectivity index (χ4n) is 3.34. The van der Waals surface area contributed by atoms with Crippen molar-refractivity contribution in [1.82, 2.24) is 15.5 Å². The minimum absolute atomic E-state index is 0.202. The van der Waals surface area contributed by atoms with E-state index in [1.165, 1.54) is 12.0 Å². The third-order valence-corrected chi connectivity index (χ3v) is 5.91. The summed E-state index contributed by atoms with van der Waals surface area (Å²) in [7, 11) is 1.23. The van der Waals surface area contributed by atoms with Gasteiger partial charge in [0.2, 0.25) is 11.8 Å². The van der Waals surface area contributed by atoms with E-state index in [4.69, 9.17) is 4.74 Å². The Kier molecular flexibility index (Phi) is 12.1. The average Bonchev–Trinajstić information content (AvgIpc) is 2.78. The number of nitrogens with one attached hydrogen (secondary N) is 2. The maximum Gasteiger partial charge on any atom is 0.408 e. The molecule has 0 aliphatic carbocycles. The van der Waals surface area contributed by atoms with Crippen molar-refractivity contribution in [2.75, 3.05) is 32.2 Å². The van der Waals surface area contributed by atoms with E-state index < -0.39 is 41.6 Å². The van der Waals surface area contributed by atoms with Crippen molar-refractivity contribution in [3.05, 3.63) is 34.9 Å². The van der Waals surface area contributed by atoms with Gasteiger partial charge in [-0.25, -0.2) is 4.79 Å². The molecule has 0 bridgehead atoms. The molecule has 35 heavy (non-hydrogen) atoms. The molecule has 0 saturated carbocycles. The summed E-state index contributed by atoms with van der Waals surface area (Å²) >= 11 is 1.54. The normalized spacial score (nSPS) is 12.8. The fraction of sp³-hybridized carbons (Fsp3) is 0.600. The van der Waals surface area contributed by atoms with E-state index in [1.807, 2.05) is 32.2 Å². The van der Waals surface area contributed by atoms with Gasteiger partial charge in [-0.1, -0.05) is 18.2 Å². The van der Waals surface area contributed by atoms with E-state index in [0.717, 1.165) is 11.1 Å². The summed E-state index contributed by atoms with van der Waals surface area (Å²) in [5.74, 6) is -0.915. The molecule has 0 heterocycles. The molecule has 0 aliphatic heterocycles. The lowest BCUT2D eigenvalue weighted by Gasteiger charge is -2.34. The van der Waals surface area contributed by atoms with Crippen molar-refractivity contribution in [3.8, 4) is 0 Å². The Hall–Kier alpha value is -2.75. The molecule has 2 unspecified atom stereocenters. The van der Waals surface area contributed by atoms with Crippen molar-refractivity contribution in [2.45, 2.75) is 65.6 Å². The molecule has 0 aromatic heterocycles.